The molecule has 2 fully saturated rings. The van der Waals surface area contributed by atoms with Crippen LogP contribution in [0.2, 0.25) is 0 Å². The molecule has 1 atom stereocenters. The Labute approximate surface area is 177 Å². The topological polar surface area (TPSA) is 55.9 Å². The lowest BCUT2D eigenvalue weighted by atomic mass is 10.0. The number of carbonyl (C=O) groups excluding carboxylic acids is 2. The van der Waals surface area contributed by atoms with Crippen LogP contribution < -0.4 is 5.32 Å². The molecule has 2 saturated heterocycles. The molecule has 6 nitrogen and oxygen atoms in total. The van der Waals surface area contributed by atoms with Gasteiger partial charge in [-0.3, -0.25) is 14.5 Å². The highest BCUT2D eigenvalue weighted by Gasteiger charge is 2.32. The number of likely N-dealkylation sites (tertiary alicyclic amines) is 1. The van der Waals surface area contributed by atoms with Gasteiger partial charge >= 0.3 is 0 Å². The lowest BCUT2D eigenvalue weighted by Crippen LogP contribution is -2.57. The van der Waals surface area contributed by atoms with Crippen molar-refractivity contribution >= 4 is 11.8 Å². The van der Waals surface area contributed by atoms with Crippen LogP contribution in [0.5, 0.6) is 0 Å². The number of halogens is 2. The zero-order valence-corrected chi connectivity index (χ0v) is 17.9. The van der Waals surface area contributed by atoms with Gasteiger partial charge in [-0.25, -0.2) is 8.78 Å². The third kappa shape index (κ3) is 5.55. The van der Waals surface area contributed by atoms with Gasteiger partial charge in [0.15, 0.2) is 0 Å². The largest absolute Gasteiger partial charge is 0.340 e. The third-order valence-corrected chi connectivity index (χ3v) is 6.02. The van der Waals surface area contributed by atoms with Crippen molar-refractivity contribution in [1.29, 1.82) is 0 Å². The van der Waals surface area contributed by atoms with E-state index in [1.807, 2.05) is 13.8 Å². The number of nitrogens with one attached hydrogen (secondary N) is 1. The molecule has 0 spiro atoms. The SMILES string of the molecule is CC(C)C(NC(=O)c1c(F)cccc1F)C(=O)N1CCN(CCN2CCCC2)CC1. The van der Waals surface area contributed by atoms with Gasteiger partial charge in [0.2, 0.25) is 5.91 Å². The van der Waals surface area contributed by atoms with E-state index < -0.39 is 29.1 Å². The van der Waals surface area contributed by atoms with Crippen LogP contribution in [0.4, 0.5) is 8.78 Å². The summed E-state index contributed by atoms with van der Waals surface area (Å²) in [7, 11) is 0. The Morgan fingerprint density at radius 2 is 1.47 bits per heavy atom. The molecule has 1 aromatic rings. The number of rotatable bonds is 7. The van der Waals surface area contributed by atoms with Crippen molar-refractivity contribution in [3.05, 3.63) is 35.4 Å². The summed E-state index contributed by atoms with van der Waals surface area (Å²) in [6, 6.07) is 2.44. The van der Waals surface area contributed by atoms with E-state index in [4.69, 9.17) is 0 Å². The Balaban J connectivity index is 1.54. The molecule has 30 heavy (non-hydrogen) atoms. The molecule has 2 aliphatic heterocycles. The second-order valence-electron chi connectivity index (χ2n) is 8.51. The van der Waals surface area contributed by atoms with Crippen LogP contribution in [0.1, 0.15) is 37.0 Å². The van der Waals surface area contributed by atoms with Gasteiger partial charge < -0.3 is 15.1 Å². The monoisotopic (exact) mass is 422 g/mol. The summed E-state index contributed by atoms with van der Waals surface area (Å²) in [5.74, 6) is -3.18. The second-order valence-corrected chi connectivity index (χ2v) is 8.51. The average molecular weight is 423 g/mol. The van der Waals surface area contributed by atoms with Gasteiger partial charge in [0, 0.05) is 39.3 Å². The van der Waals surface area contributed by atoms with Crippen LogP contribution in [-0.4, -0.2) is 84.9 Å². The first-order valence-corrected chi connectivity index (χ1v) is 10.8. The highest BCUT2D eigenvalue weighted by Crippen LogP contribution is 2.15. The average Bonchev–Trinajstić information content (AvgIpc) is 3.24. The number of piperazine rings is 1. The van der Waals surface area contributed by atoms with Crippen LogP contribution in [0.25, 0.3) is 0 Å². The summed E-state index contributed by atoms with van der Waals surface area (Å²) in [6.45, 7) is 10.8. The maximum atomic E-state index is 13.9. The first-order chi connectivity index (χ1) is 14.4. The second kappa shape index (κ2) is 10.3. The molecule has 2 aliphatic rings. The molecule has 0 aliphatic carbocycles. The minimum absolute atomic E-state index is 0.200. The highest BCUT2D eigenvalue weighted by atomic mass is 19.1. The Hall–Kier alpha value is -2.06. The van der Waals surface area contributed by atoms with Gasteiger partial charge in [0.1, 0.15) is 23.2 Å². The van der Waals surface area contributed by atoms with E-state index in [1.165, 1.54) is 32.0 Å². The number of benzene rings is 1. The van der Waals surface area contributed by atoms with Gasteiger partial charge in [-0.1, -0.05) is 19.9 Å². The Kier molecular flexibility index (Phi) is 7.77. The van der Waals surface area contributed by atoms with E-state index in [0.717, 1.165) is 38.3 Å². The first kappa shape index (κ1) is 22.6. The van der Waals surface area contributed by atoms with Crippen LogP contribution in [0, 0.1) is 17.6 Å². The quantitative estimate of drug-likeness (QED) is 0.730. The van der Waals surface area contributed by atoms with Crippen molar-refractivity contribution in [2.75, 3.05) is 52.4 Å². The molecule has 1 aromatic carbocycles. The van der Waals surface area contributed by atoms with Crippen molar-refractivity contribution in [1.82, 2.24) is 20.0 Å². The highest BCUT2D eigenvalue weighted by molar-refractivity contribution is 5.98. The van der Waals surface area contributed by atoms with Crippen LogP contribution in [-0.2, 0) is 4.79 Å². The Bertz CT molecular complexity index is 724. The van der Waals surface area contributed by atoms with Crippen LogP contribution in [0.3, 0.4) is 0 Å². The molecule has 0 bridgehead atoms. The number of amides is 2. The molecule has 2 amide bonds. The molecule has 0 saturated carbocycles. The molecule has 166 valence electrons. The summed E-state index contributed by atoms with van der Waals surface area (Å²) in [4.78, 5) is 32.1. The van der Waals surface area contributed by atoms with E-state index in [0.29, 0.717) is 13.1 Å². The Morgan fingerprint density at radius 1 is 0.933 bits per heavy atom. The zero-order chi connectivity index (χ0) is 21.7. The number of carbonyl (C=O) groups is 2. The summed E-state index contributed by atoms with van der Waals surface area (Å²) in [6.07, 6.45) is 2.56. The fraction of sp³-hybridized carbons (Fsp3) is 0.636. The number of hydrogen-bond acceptors (Lipinski definition) is 4. The summed E-state index contributed by atoms with van der Waals surface area (Å²) >= 11 is 0. The standard InChI is InChI=1S/C22H32F2N4O2/c1-16(2)20(25-21(29)19-17(23)6-5-7-18(19)24)22(30)28-14-12-27(13-15-28)11-10-26-8-3-4-9-26/h5-7,16,20H,3-4,8-15H2,1-2H3,(H,25,29). The van der Waals surface area contributed by atoms with Gasteiger partial charge in [-0.05, 0) is 44.0 Å². The molecule has 0 aromatic heterocycles. The van der Waals surface area contributed by atoms with Crippen molar-refractivity contribution in [2.24, 2.45) is 5.92 Å². The fourth-order valence-electron chi connectivity index (χ4n) is 4.12. The van der Waals surface area contributed by atoms with E-state index in [2.05, 4.69) is 15.1 Å². The fourth-order valence-corrected chi connectivity index (χ4v) is 4.12. The van der Waals surface area contributed by atoms with Gasteiger partial charge in [-0.15, -0.1) is 0 Å². The Morgan fingerprint density at radius 3 is 2.00 bits per heavy atom. The number of hydrogen-bond donors (Lipinski definition) is 1. The molecule has 0 radical (unpaired) electrons. The first-order valence-electron chi connectivity index (χ1n) is 10.8. The molecule has 3 rings (SSSR count). The lowest BCUT2D eigenvalue weighted by molar-refractivity contribution is -0.136. The zero-order valence-electron chi connectivity index (χ0n) is 17.9. The summed E-state index contributed by atoms with van der Waals surface area (Å²) in [5, 5.41) is 2.55. The normalized spacial score (nSPS) is 19.3. The molecule has 1 unspecified atom stereocenters. The maximum Gasteiger partial charge on any atom is 0.257 e. The predicted octanol–water partition coefficient (Wildman–Crippen LogP) is 1.96. The summed E-state index contributed by atoms with van der Waals surface area (Å²) in [5.41, 5.74) is -0.650. The number of nitrogens with zero attached hydrogens (tertiary/aromatic N) is 3. The summed E-state index contributed by atoms with van der Waals surface area (Å²) < 4.78 is 27.9. The van der Waals surface area contributed by atoms with Crippen molar-refractivity contribution in [3.63, 3.8) is 0 Å². The van der Waals surface area contributed by atoms with E-state index in [9.17, 15) is 18.4 Å². The minimum atomic E-state index is -0.936. The van der Waals surface area contributed by atoms with Crippen LogP contribution in [0.15, 0.2) is 18.2 Å². The maximum absolute atomic E-state index is 13.9. The van der Waals surface area contributed by atoms with Crippen molar-refractivity contribution in [3.8, 4) is 0 Å². The predicted molar refractivity (Wildman–Crippen MR) is 111 cm³/mol. The minimum Gasteiger partial charge on any atom is -0.340 e. The molecular formula is C22H32F2N4O2. The van der Waals surface area contributed by atoms with E-state index in [1.54, 1.807) is 4.90 Å². The lowest BCUT2D eigenvalue weighted by Gasteiger charge is -2.37. The van der Waals surface area contributed by atoms with Crippen molar-refractivity contribution < 1.29 is 18.4 Å². The molecular weight excluding hydrogens is 390 g/mol. The van der Waals surface area contributed by atoms with Gasteiger partial charge in [0.05, 0.1) is 0 Å². The van der Waals surface area contributed by atoms with Gasteiger partial charge in [0.25, 0.3) is 5.91 Å². The molecule has 1 N–H and O–H groups in total. The molecule has 8 heteroatoms. The van der Waals surface area contributed by atoms with E-state index >= 15 is 0 Å². The van der Waals surface area contributed by atoms with E-state index in [-0.39, 0.29) is 11.8 Å². The molecule has 2 heterocycles. The third-order valence-electron chi connectivity index (χ3n) is 6.02. The van der Waals surface area contributed by atoms with Gasteiger partial charge in [-0.2, -0.15) is 0 Å². The smallest absolute Gasteiger partial charge is 0.257 e. The van der Waals surface area contributed by atoms with Crippen LogP contribution >= 0.6 is 0 Å². The van der Waals surface area contributed by atoms with Crippen molar-refractivity contribution in [2.45, 2.75) is 32.7 Å².